The van der Waals surface area contributed by atoms with Gasteiger partial charge in [0.25, 0.3) is 5.91 Å². The van der Waals surface area contributed by atoms with Crippen LogP contribution in [-0.2, 0) is 9.53 Å². The highest BCUT2D eigenvalue weighted by molar-refractivity contribution is 5.96. The molecule has 0 radical (unpaired) electrons. The Morgan fingerprint density at radius 3 is 2.48 bits per heavy atom. The lowest BCUT2D eigenvalue weighted by atomic mass is 10.0. The van der Waals surface area contributed by atoms with E-state index in [0.29, 0.717) is 30.6 Å². The van der Waals surface area contributed by atoms with E-state index in [1.807, 2.05) is 6.92 Å². The Hall–Kier alpha value is -2.37. The number of piperidine rings is 1. The van der Waals surface area contributed by atoms with Gasteiger partial charge in [-0.05, 0) is 37.1 Å². The second-order valence-electron chi connectivity index (χ2n) is 5.58. The number of carbonyl (C=O) groups is 3. The van der Waals surface area contributed by atoms with E-state index in [2.05, 4.69) is 10.1 Å². The quantitative estimate of drug-likeness (QED) is 0.856. The monoisotopic (exact) mass is 318 g/mol. The molecule has 2 rings (SSSR count). The molecule has 6 nitrogen and oxygen atoms in total. The fourth-order valence-corrected chi connectivity index (χ4v) is 2.66. The predicted molar refractivity (Wildman–Crippen MR) is 85.1 cm³/mol. The van der Waals surface area contributed by atoms with Crippen LogP contribution < -0.4 is 5.32 Å². The third-order valence-electron chi connectivity index (χ3n) is 3.95. The molecule has 124 valence electrons. The van der Waals surface area contributed by atoms with Crippen molar-refractivity contribution in [2.45, 2.75) is 32.2 Å². The van der Waals surface area contributed by atoms with Crippen LogP contribution in [0.5, 0.6) is 0 Å². The maximum absolute atomic E-state index is 12.5. The molecule has 0 saturated carbocycles. The summed E-state index contributed by atoms with van der Waals surface area (Å²) in [6.07, 6.45) is 2.19. The Balaban J connectivity index is 2.01. The average Bonchev–Trinajstić information content (AvgIpc) is 2.60. The van der Waals surface area contributed by atoms with Crippen LogP contribution in [-0.4, -0.2) is 48.9 Å². The molecule has 1 aliphatic rings. The number of benzene rings is 1. The topological polar surface area (TPSA) is 75.7 Å². The molecule has 1 fully saturated rings. The summed E-state index contributed by atoms with van der Waals surface area (Å²) in [7, 11) is 1.32. The Kier molecular flexibility index (Phi) is 5.73. The molecule has 1 N–H and O–H groups in total. The van der Waals surface area contributed by atoms with Crippen LogP contribution in [0.3, 0.4) is 0 Å². The molecule has 1 aromatic rings. The Labute approximate surface area is 135 Å². The molecule has 1 heterocycles. The van der Waals surface area contributed by atoms with E-state index >= 15 is 0 Å². The van der Waals surface area contributed by atoms with Crippen molar-refractivity contribution in [1.29, 1.82) is 0 Å². The molecule has 0 aromatic heterocycles. The minimum Gasteiger partial charge on any atom is -0.465 e. The second kappa shape index (κ2) is 7.76. The lowest BCUT2D eigenvalue weighted by molar-refractivity contribution is -0.121. The van der Waals surface area contributed by atoms with Gasteiger partial charge in [-0.15, -0.1) is 0 Å². The molecule has 6 heteroatoms. The van der Waals surface area contributed by atoms with E-state index < -0.39 is 5.97 Å². The molecule has 23 heavy (non-hydrogen) atoms. The van der Waals surface area contributed by atoms with Crippen molar-refractivity contribution in [1.82, 2.24) is 10.2 Å². The summed E-state index contributed by atoms with van der Waals surface area (Å²) in [6, 6.07) is 6.43. The van der Waals surface area contributed by atoms with E-state index in [-0.39, 0.29) is 17.9 Å². The van der Waals surface area contributed by atoms with Crippen molar-refractivity contribution >= 4 is 17.8 Å². The predicted octanol–water partition coefficient (Wildman–Crippen LogP) is 1.60. The Morgan fingerprint density at radius 2 is 1.87 bits per heavy atom. The number of esters is 1. The third kappa shape index (κ3) is 4.31. The number of methoxy groups -OCH3 is 1. The summed E-state index contributed by atoms with van der Waals surface area (Å²) < 4.78 is 4.64. The molecule has 1 atom stereocenters. The van der Waals surface area contributed by atoms with Crippen LogP contribution in [0.15, 0.2) is 24.3 Å². The summed E-state index contributed by atoms with van der Waals surface area (Å²) in [5.41, 5.74) is 0.941. The SMILES string of the molecule is CCC(=O)N[C@@H]1CCCN(C(=O)c2ccc(C(=O)OC)cc2)C1. The van der Waals surface area contributed by atoms with E-state index in [9.17, 15) is 14.4 Å². The molecule has 0 bridgehead atoms. The number of amides is 2. The first kappa shape index (κ1) is 17.0. The van der Waals surface area contributed by atoms with Gasteiger partial charge >= 0.3 is 5.97 Å². The first-order valence-corrected chi connectivity index (χ1v) is 7.82. The number of rotatable bonds is 4. The highest BCUT2D eigenvalue weighted by atomic mass is 16.5. The van der Waals surface area contributed by atoms with Gasteiger partial charge in [0.1, 0.15) is 0 Å². The first-order valence-electron chi connectivity index (χ1n) is 7.82. The minimum absolute atomic E-state index is 0.00623. The molecule has 1 aromatic carbocycles. The number of ether oxygens (including phenoxy) is 1. The average molecular weight is 318 g/mol. The van der Waals surface area contributed by atoms with Gasteiger partial charge in [0, 0.05) is 31.1 Å². The number of likely N-dealkylation sites (tertiary alicyclic amines) is 1. The first-order chi connectivity index (χ1) is 11.0. The lowest BCUT2D eigenvalue weighted by Crippen LogP contribution is -2.49. The van der Waals surface area contributed by atoms with Gasteiger partial charge < -0.3 is 15.0 Å². The fourth-order valence-electron chi connectivity index (χ4n) is 2.66. The maximum atomic E-state index is 12.5. The lowest BCUT2D eigenvalue weighted by Gasteiger charge is -2.33. The van der Waals surface area contributed by atoms with Gasteiger partial charge in [0.2, 0.25) is 5.91 Å². The number of carbonyl (C=O) groups excluding carboxylic acids is 3. The summed E-state index contributed by atoms with van der Waals surface area (Å²) >= 11 is 0. The Bertz CT molecular complexity index is 583. The van der Waals surface area contributed by atoms with E-state index in [1.165, 1.54) is 7.11 Å². The largest absolute Gasteiger partial charge is 0.465 e. The highest BCUT2D eigenvalue weighted by Crippen LogP contribution is 2.15. The normalized spacial score (nSPS) is 17.5. The van der Waals surface area contributed by atoms with E-state index in [0.717, 1.165) is 12.8 Å². The molecule has 2 amide bonds. The zero-order valence-corrected chi connectivity index (χ0v) is 13.5. The fraction of sp³-hybridized carbons (Fsp3) is 0.471. The van der Waals surface area contributed by atoms with Crippen molar-refractivity contribution in [2.24, 2.45) is 0 Å². The zero-order chi connectivity index (χ0) is 16.8. The summed E-state index contributed by atoms with van der Waals surface area (Å²) in [5.74, 6) is -0.507. The molecule has 0 aliphatic carbocycles. The molecule has 0 spiro atoms. The highest BCUT2D eigenvalue weighted by Gasteiger charge is 2.25. The standard InChI is InChI=1S/C17H22N2O4/c1-3-15(20)18-14-5-4-10-19(11-14)16(21)12-6-8-13(9-7-12)17(22)23-2/h6-9,14H,3-5,10-11H2,1-2H3,(H,18,20)/t14-/m1/s1. The van der Waals surface area contributed by atoms with Gasteiger partial charge in [-0.1, -0.05) is 6.92 Å². The van der Waals surface area contributed by atoms with Gasteiger partial charge in [-0.3, -0.25) is 9.59 Å². The number of nitrogens with one attached hydrogen (secondary N) is 1. The van der Waals surface area contributed by atoms with Crippen LogP contribution in [0.1, 0.15) is 46.9 Å². The molecule has 1 saturated heterocycles. The van der Waals surface area contributed by atoms with Gasteiger partial charge in [0.05, 0.1) is 12.7 Å². The zero-order valence-electron chi connectivity index (χ0n) is 13.5. The van der Waals surface area contributed by atoms with Crippen molar-refractivity contribution < 1.29 is 19.1 Å². The van der Waals surface area contributed by atoms with Gasteiger partial charge in [0.15, 0.2) is 0 Å². The van der Waals surface area contributed by atoms with Gasteiger partial charge in [-0.2, -0.15) is 0 Å². The number of hydrogen-bond donors (Lipinski definition) is 1. The molecular weight excluding hydrogens is 296 g/mol. The summed E-state index contributed by atoms with van der Waals surface area (Å²) in [4.78, 5) is 37.2. The summed E-state index contributed by atoms with van der Waals surface area (Å²) in [5, 5.41) is 2.94. The Morgan fingerprint density at radius 1 is 1.22 bits per heavy atom. The third-order valence-corrected chi connectivity index (χ3v) is 3.95. The molecular formula is C17H22N2O4. The van der Waals surface area contributed by atoms with E-state index in [4.69, 9.17) is 0 Å². The van der Waals surface area contributed by atoms with Crippen LogP contribution in [0.2, 0.25) is 0 Å². The summed E-state index contributed by atoms with van der Waals surface area (Å²) in [6.45, 7) is 3.00. The smallest absolute Gasteiger partial charge is 0.337 e. The minimum atomic E-state index is -0.427. The van der Waals surface area contributed by atoms with Crippen LogP contribution in [0.25, 0.3) is 0 Å². The van der Waals surface area contributed by atoms with Crippen LogP contribution in [0.4, 0.5) is 0 Å². The van der Waals surface area contributed by atoms with Crippen molar-refractivity contribution in [3.8, 4) is 0 Å². The van der Waals surface area contributed by atoms with Crippen molar-refractivity contribution in [3.63, 3.8) is 0 Å². The number of nitrogens with zero attached hydrogens (tertiary/aromatic N) is 1. The second-order valence-corrected chi connectivity index (χ2v) is 5.58. The molecule has 1 aliphatic heterocycles. The number of hydrogen-bond acceptors (Lipinski definition) is 4. The van der Waals surface area contributed by atoms with Crippen molar-refractivity contribution in [2.75, 3.05) is 20.2 Å². The van der Waals surface area contributed by atoms with E-state index in [1.54, 1.807) is 29.2 Å². The molecule has 0 unspecified atom stereocenters. The van der Waals surface area contributed by atoms with Crippen molar-refractivity contribution in [3.05, 3.63) is 35.4 Å². The van der Waals surface area contributed by atoms with Gasteiger partial charge in [-0.25, -0.2) is 4.79 Å². The van der Waals surface area contributed by atoms with Crippen LogP contribution >= 0.6 is 0 Å². The maximum Gasteiger partial charge on any atom is 0.337 e. The van der Waals surface area contributed by atoms with Crippen LogP contribution in [0, 0.1) is 0 Å².